The Bertz CT molecular complexity index is 985. The lowest BCUT2D eigenvalue weighted by molar-refractivity contribution is 0.0692. The van der Waals surface area contributed by atoms with E-state index in [-0.39, 0.29) is 11.1 Å². The summed E-state index contributed by atoms with van der Waals surface area (Å²) in [4.78, 5) is 15.7. The van der Waals surface area contributed by atoms with Crippen molar-refractivity contribution in [2.75, 3.05) is 14.1 Å². The van der Waals surface area contributed by atoms with Crippen LogP contribution in [0.25, 0.3) is 22.0 Å². The van der Waals surface area contributed by atoms with Crippen molar-refractivity contribution in [1.29, 1.82) is 0 Å². The average Bonchev–Trinajstić information content (AvgIpc) is 3.00. The highest BCUT2D eigenvalue weighted by Crippen LogP contribution is 2.37. The Morgan fingerprint density at radius 1 is 1.11 bits per heavy atom. The van der Waals surface area contributed by atoms with Gasteiger partial charge in [-0.25, -0.2) is 4.79 Å². The van der Waals surface area contributed by atoms with Gasteiger partial charge in [-0.2, -0.15) is 0 Å². The van der Waals surface area contributed by atoms with Crippen molar-refractivity contribution in [2.24, 2.45) is 0 Å². The second kappa shape index (κ2) is 7.03. The van der Waals surface area contributed by atoms with Gasteiger partial charge in [-0.15, -0.1) is 4.31 Å². The molecule has 1 atom stereocenters. The van der Waals surface area contributed by atoms with Crippen molar-refractivity contribution >= 4 is 28.2 Å². The van der Waals surface area contributed by atoms with Crippen LogP contribution in [0.4, 0.5) is 0 Å². The van der Waals surface area contributed by atoms with Crippen molar-refractivity contribution in [3.8, 4) is 11.1 Å². The summed E-state index contributed by atoms with van der Waals surface area (Å²) >= 11 is -1.24. The minimum absolute atomic E-state index is 0.121. The molecule has 3 rings (SSSR count). The molecule has 6 heteroatoms. The molecule has 2 aromatic carbocycles. The Kier molecular flexibility index (Phi) is 5.08. The number of carboxylic acid groups (broad SMARTS) is 1. The van der Waals surface area contributed by atoms with Crippen LogP contribution in [0.2, 0.25) is 0 Å². The minimum atomic E-state index is -1.24. The Morgan fingerprint density at radius 2 is 1.74 bits per heavy atom. The van der Waals surface area contributed by atoms with E-state index in [9.17, 15) is 14.5 Å². The largest absolute Gasteiger partial charge is 0.593 e. The van der Waals surface area contributed by atoms with Crippen molar-refractivity contribution in [2.45, 2.75) is 31.1 Å². The maximum Gasteiger partial charge on any atom is 0.352 e. The molecule has 0 bridgehead atoms. The fourth-order valence-electron chi connectivity index (χ4n) is 3.25. The summed E-state index contributed by atoms with van der Waals surface area (Å²) in [7, 11) is 3.50. The van der Waals surface area contributed by atoms with Crippen molar-refractivity contribution in [3.05, 3.63) is 53.7 Å². The predicted molar refractivity (Wildman–Crippen MR) is 109 cm³/mol. The van der Waals surface area contributed by atoms with Crippen molar-refractivity contribution in [1.82, 2.24) is 9.29 Å². The van der Waals surface area contributed by atoms with Crippen LogP contribution >= 0.6 is 0 Å². The number of aromatic amines is 1. The van der Waals surface area contributed by atoms with E-state index in [4.69, 9.17) is 0 Å². The average molecular weight is 385 g/mol. The van der Waals surface area contributed by atoms with Crippen LogP contribution in [0.3, 0.4) is 0 Å². The number of carboxylic acids is 1. The molecule has 142 valence electrons. The molecule has 0 radical (unpaired) electrons. The fraction of sp³-hybridized carbons (Fsp3) is 0.286. The molecule has 3 aromatic rings. The maximum absolute atomic E-state index is 12.2. The molecule has 0 aliphatic rings. The number of aromatic carboxylic acids is 1. The molecule has 0 aliphatic carbocycles. The highest BCUT2D eigenvalue weighted by atomic mass is 32.2. The Balaban J connectivity index is 2.22. The number of hydrogen-bond donors (Lipinski definition) is 2. The lowest BCUT2D eigenvalue weighted by Gasteiger charge is -2.19. The first-order chi connectivity index (χ1) is 12.6. The SMILES string of the molecule is CN(C)[S+]([O-])c1ccc(-c2c(C(=O)O)[nH]c3c(C(C)(C)C)cccc23)cc1. The number of carbonyl (C=O) groups is 1. The van der Waals surface area contributed by atoms with E-state index in [1.165, 1.54) is 0 Å². The van der Waals surface area contributed by atoms with E-state index in [0.29, 0.717) is 10.5 Å². The lowest BCUT2D eigenvalue weighted by Crippen LogP contribution is -2.22. The summed E-state index contributed by atoms with van der Waals surface area (Å²) in [6, 6.07) is 13.1. The van der Waals surface area contributed by atoms with Crippen LogP contribution < -0.4 is 0 Å². The number of H-pyrrole nitrogens is 1. The summed E-state index contributed by atoms with van der Waals surface area (Å²) in [5.74, 6) is -0.998. The zero-order valence-corrected chi connectivity index (χ0v) is 17.0. The molecule has 1 aromatic heterocycles. The molecule has 2 N–H and O–H groups in total. The van der Waals surface area contributed by atoms with E-state index in [0.717, 1.165) is 22.0 Å². The number of rotatable bonds is 4. The number of benzene rings is 2. The minimum Gasteiger partial charge on any atom is -0.593 e. The number of hydrogen-bond acceptors (Lipinski definition) is 3. The third-order valence-electron chi connectivity index (χ3n) is 4.53. The second-order valence-corrected chi connectivity index (χ2v) is 9.44. The molecular formula is C21H24N2O3S. The first-order valence-electron chi connectivity index (χ1n) is 8.69. The number of nitrogens with one attached hydrogen (secondary N) is 1. The molecule has 27 heavy (non-hydrogen) atoms. The van der Waals surface area contributed by atoms with Gasteiger partial charge >= 0.3 is 5.97 Å². The molecule has 0 saturated carbocycles. The standard InChI is InChI=1S/C21H24N2O3S/c1-21(2,3)16-8-6-7-15-17(19(20(24)25)22-18(15)16)13-9-11-14(12-10-13)27(26)23(4)5/h6-12,22H,1-5H3,(H,24,25). The zero-order chi connectivity index (χ0) is 19.9. The number of fused-ring (bicyclic) bond motifs is 1. The summed E-state index contributed by atoms with van der Waals surface area (Å²) in [5.41, 5.74) is 3.40. The number of para-hydroxylation sites is 1. The van der Waals surface area contributed by atoms with Crippen LogP contribution in [-0.2, 0) is 16.8 Å². The molecule has 0 fully saturated rings. The van der Waals surface area contributed by atoms with Crippen LogP contribution in [0.15, 0.2) is 47.4 Å². The van der Waals surface area contributed by atoms with Crippen molar-refractivity contribution < 1.29 is 14.5 Å². The summed E-state index contributed by atoms with van der Waals surface area (Å²) in [5, 5.41) is 10.6. The normalized spacial score (nSPS) is 13.3. The monoisotopic (exact) mass is 384 g/mol. The van der Waals surface area contributed by atoms with Crippen LogP contribution in [-0.4, -0.2) is 39.0 Å². The van der Waals surface area contributed by atoms with Gasteiger partial charge < -0.3 is 14.6 Å². The van der Waals surface area contributed by atoms with E-state index in [1.807, 2.05) is 30.3 Å². The number of aromatic nitrogens is 1. The highest BCUT2D eigenvalue weighted by Gasteiger charge is 2.24. The van der Waals surface area contributed by atoms with E-state index >= 15 is 0 Å². The quantitative estimate of drug-likeness (QED) is 0.653. The molecule has 0 spiro atoms. The van der Waals surface area contributed by atoms with E-state index in [2.05, 4.69) is 25.8 Å². The Labute approximate surface area is 162 Å². The molecule has 1 heterocycles. The third kappa shape index (κ3) is 3.60. The van der Waals surface area contributed by atoms with Gasteiger partial charge in [0.25, 0.3) is 0 Å². The summed E-state index contributed by atoms with van der Waals surface area (Å²) in [6.45, 7) is 6.32. The zero-order valence-electron chi connectivity index (χ0n) is 16.2. The van der Waals surface area contributed by atoms with Gasteiger partial charge in [0, 0.05) is 25.0 Å². The van der Waals surface area contributed by atoms with E-state index in [1.54, 1.807) is 30.5 Å². The van der Waals surface area contributed by atoms with Gasteiger partial charge in [0.2, 0.25) is 0 Å². The summed E-state index contributed by atoms with van der Waals surface area (Å²) < 4.78 is 13.8. The first kappa shape index (κ1) is 19.5. The first-order valence-corrected chi connectivity index (χ1v) is 9.80. The van der Waals surface area contributed by atoms with Gasteiger partial charge in [-0.3, -0.25) is 0 Å². The van der Waals surface area contributed by atoms with Gasteiger partial charge in [-0.1, -0.05) is 39.0 Å². The van der Waals surface area contributed by atoms with Gasteiger partial charge in [-0.05, 0) is 40.8 Å². The second-order valence-electron chi connectivity index (χ2n) is 7.74. The van der Waals surface area contributed by atoms with Gasteiger partial charge in [0.1, 0.15) is 5.69 Å². The predicted octanol–water partition coefficient (Wildman–Crippen LogP) is 4.41. The molecule has 1 unspecified atom stereocenters. The third-order valence-corrected chi connectivity index (χ3v) is 5.87. The molecule has 5 nitrogen and oxygen atoms in total. The van der Waals surface area contributed by atoms with Crippen LogP contribution in [0.1, 0.15) is 36.8 Å². The topological polar surface area (TPSA) is 79.4 Å². The van der Waals surface area contributed by atoms with Crippen LogP contribution in [0.5, 0.6) is 0 Å². The highest BCUT2D eigenvalue weighted by molar-refractivity contribution is 7.89. The van der Waals surface area contributed by atoms with E-state index < -0.39 is 17.3 Å². The Morgan fingerprint density at radius 3 is 2.26 bits per heavy atom. The maximum atomic E-state index is 12.2. The number of nitrogens with zero attached hydrogens (tertiary/aromatic N) is 1. The molecular weight excluding hydrogens is 360 g/mol. The summed E-state index contributed by atoms with van der Waals surface area (Å²) in [6.07, 6.45) is 0. The lowest BCUT2D eigenvalue weighted by atomic mass is 9.85. The van der Waals surface area contributed by atoms with Gasteiger partial charge in [0.15, 0.2) is 4.90 Å². The molecule has 0 amide bonds. The molecule has 0 aliphatic heterocycles. The fourth-order valence-corrected chi connectivity index (χ4v) is 4.04. The van der Waals surface area contributed by atoms with Gasteiger partial charge in [0.05, 0.1) is 16.9 Å². The van der Waals surface area contributed by atoms with Crippen LogP contribution in [0, 0.1) is 0 Å². The smallest absolute Gasteiger partial charge is 0.352 e. The van der Waals surface area contributed by atoms with Crippen molar-refractivity contribution in [3.63, 3.8) is 0 Å². The molecule has 0 saturated heterocycles. The Hall–Kier alpha value is -2.28.